The molecule has 0 unspecified atom stereocenters. The van der Waals surface area contributed by atoms with Crippen molar-refractivity contribution in [1.29, 1.82) is 0 Å². The maximum absolute atomic E-state index is 12.8. The molecule has 4 fully saturated rings. The Bertz CT molecular complexity index is 621. The third kappa shape index (κ3) is 3.00. The number of methoxy groups -OCH3 is 2. The molecule has 1 aromatic rings. The minimum absolute atomic E-state index is 0.0210. The molecule has 4 saturated carbocycles. The lowest BCUT2D eigenvalue weighted by Crippen LogP contribution is -2.51. The van der Waals surface area contributed by atoms with E-state index in [0.717, 1.165) is 29.9 Å². The van der Waals surface area contributed by atoms with Crippen molar-refractivity contribution in [2.75, 3.05) is 20.8 Å². The SMILES string of the molecule is COc1cc(C(=O)NCC23CC4CC(CC(C4)C2)C3)cc(OC)c1C. The number of nitrogens with one attached hydrogen (secondary N) is 1. The van der Waals surface area contributed by atoms with Gasteiger partial charge in [0.25, 0.3) is 5.91 Å². The van der Waals surface area contributed by atoms with Crippen molar-refractivity contribution in [1.82, 2.24) is 5.32 Å². The van der Waals surface area contributed by atoms with Gasteiger partial charge in [-0.05, 0) is 80.8 Å². The number of carbonyl (C=O) groups excluding carboxylic acids is 1. The van der Waals surface area contributed by atoms with Crippen molar-refractivity contribution in [3.05, 3.63) is 23.3 Å². The number of rotatable bonds is 5. The molecule has 0 heterocycles. The molecule has 4 aliphatic carbocycles. The van der Waals surface area contributed by atoms with Gasteiger partial charge in [0.05, 0.1) is 14.2 Å². The third-order valence-corrected chi connectivity index (χ3v) is 6.80. The molecular formula is C21H29NO3. The number of amides is 1. The van der Waals surface area contributed by atoms with Crippen molar-refractivity contribution in [3.8, 4) is 11.5 Å². The van der Waals surface area contributed by atoms with E-state index in [0.29, 0.717) is 22.5 Å². The zero-order valence-electron chi connectivity index (χ0n) is 15.6. The van der Waals surface area contributed by atoms with Gasteiger partial charge in [-0.2, -0.15) is 0 Å². The predicted molar refractivity (Wildman–Crippen MR) is 97.2 cm³/mol. The first-order valence-corrected chi connectivity index (χ1v) is 9.53. The van der Waals surface area contributed by atoms with Crippen LogP contribution in [0.3, 0.4) is 0 Å². The van der Waals surface area contributed by atoms with E-state index in [1.165, 1.54) is 38.5 Å². The van der Waals surface area contributed by atoms with E-state index >= 15 is 0 Å². The van der Waals surface area contributed by atoms with Gasteiger partial charge >= 0.3 is 0 Å². The second-order valence-corrected chi connectivity index (χ2v) is 8.61. The lowest BCUT2D eigenvalue weighted by Gasteiger charge is -2.56. The van der Waals surface area contributed by atoms with Gasteiger partial charge in [-0.3, -0.25) is 4.79 Å². The highest BCUT2D eigenvalue weighted by Gasteiger charge is 2.50. The highest BCUT2D eigenvalue weighted by Crippen LogP contribution is 2.59. The van der Waals surface area contributed by atoms with E-state index in [9.17, 15) is 4.79 Å². The smallest absolute Gasteiger partial charge is 0.251 e. The van der Waals surface area contributed by atoms with Crippen molar-refractivity contribution in [3.63, 3.8) is 0 Å². The van der Waals surface area contributed by atoms with Crippen molar-refractivity contribution >= 4 is 5.91 Å². The van der Waals surface area contributed by atoms with Crippen molar-refractivity contribution in [2.24, 2.45) is 23.2 Å². The summed E-state index contributed by atoms with van der Waals surface area (Å²) in [6, 6.07) is 3.62. The quantitative estimate of drug-likeness (QED) is 0.880. The summed E-state index contributed by atoms with van der Waals surface area (Å²) in [4.78, 5) is 12.8. The van der Waals surface area contributed by atoms with Crippen LogP contribution in [0.5, 0.6) is 11.5 Å². The maximum Gasteiger partial charge on any atom is 0.251 e. The van der Waals surface area contributed by atoms with E-state index in [1.807, 2.05) is 19.1 Å². The van der Waals surface area contributed by atoms with Crippen LogP contribution >= 0.6 is 0 Å². The molecule has 0 atom stereocenters. The van der Waals surface area contributed by atoms with Gasteiger partial charge in [0.15, 0.2) is 0 Å². The Morgan fingerprint density at radius 1 is 1.04 bits per heavy atom. The van der Waals surface area contributed by atoms with E-state index in [4.69, 9.17) is 9.47 Å². The summed E-state index contributed by atoms with van der Waals surface area (Å²) in [5.74, 6) is 4.08. The molecule has 0 spiro atoms. The topological polar surface area (TPSA) is 47.6 Å². The Kier molecular flexibility index (Phi) is 4.17. The van der Waals surface area contributed by atoms with Crippen LogP contribution in [0.1, 0.15) is 54.4 Å². The Morgan fingerprint density at radius 3 is 1.96 bits per heavy atom. The molecule has 5 rings (SSSR count). The summed E-state index contributed by atoms with van der Waals surface area (Å²) in [5, 5.41) is 3.23. The fourth-order valence-corrected chi connectivity index (χ4v) is 6.09. The minimum Gasteiger partial charge on any atom is -0.496 e. The summed E-state index contributed by atoms with van der Waals surface area (Å²) >= 11 is 0. The standard InChI is InChI=1S/C21H29NO3/c1-13-18(24-2)7-17(8-19(13)25-3)20(23)22-12-21-9-14-4-15(10-21)6-16(5-14)11-21/h7-8,14-16H,4-6,9-12H2,1-3H3,(H,22,23). The molecular weight excluding hydrogens is 314 g/mol. The Morgan fingerprint density at radius 2 is 1.52 bits per heavy atom. The second-order valence-electron chi connectivity index (χ2n) is 8.61. The average molecular weight is 343 g/mol. The minimum atomic E-state index is -0.0210. The molecule has 0 aliphatic heterocycles. The molecule has 1 amide bonds. The van der Waals surface area contributed by atoms with E-state index < -0.39 is 0 Å². The molecule has 136 valence electrons. The summed E-state index contributed by atoms with van der Waals surface area (Å²) in [6.07, 6.45) is 8.21. The fraction of sp³-hybridized carbons (Fsp3) is 0.667. The molecule has 1 aromatic carbocycles. The molecule has 0 aromatic heterocycles. The first kappa shape index (κ1) is 16.7. The Balaban J connectivity index is 1.48. The van der Waals surface area contributed by atoms with E-state index in [1.54, 1.807) is 14.2 Å². The summed E-state index contributed by atoms with van der Waals surface area (Å²) < 4.78 is 10.8. The van der Waals surface area contributed by atoms with E-state index in [2.05, 4.69) is 5.32 Å². The second kappa shape index (κ2) is 6.22. The summed E-state index contributed by atoms with van der Waals surface area (Å²) in [7, 11) is 3.25. The molecule has 4 nitrogen and oxygen atoms in total. The summed E-state index contributed by atoms with van der Waals surface area (Å²) in [6.45, 7) is 2.75. The maximum atomic E-state index is 12.8. The molecule has 4 bridgehead atoms. The van der Waals surface area contributed by atoms with Gasteiger partial charge in [0.2, 0.25) is 0 Å². The van der Waals surface area contributed by atoms with Gasteiger partial charge in [0.1, 0.15) is 11.5 Å². The first-order valence-electron chi connectivity index (χ1n) is 9.53. The van der Waals surface area contributed by atoms with Crippen LogP contribution in [-0.4, -0.2) is 26.7 Å². The molecule has 4 aliphatic rings. The van der Waals surface area contributed by atoms with E-state index in [-0.39, 0.29) is 5.91 Å². The van der Waals surface area contributed by atoms with Gasteiger partial charge in [-0.1, -0.05) is 0 Å². The number of benzene rings is 1. The van der Waals surface area contributed by atoms with Crippen LogP contribution in [0.25, 0.3) is 0 Å². The van der Waals surface area contributed by atoms with Crippen LogP contribution in [0.2, 0.25) is 0 Å². The molecule has 25 heavy (non-hydrogen) atoms. The van der Waals surface area contributed by atoms with Crippen LogP contribution < -0.4 is 14.8 Å². The van der Waals surface area contributed by atoms with Crippen LogP contribution in [0.4, 0.5) is 0 Å². The molecule has 0 radical (unpaired) electrons. The zero-order chi connectivity index (χ0) is 17.6. The monoisotopic (exact) mass is 343 g/mol. The summed E-state index contributed by atoms with van der Waals surface area (Å²) in [5.41, 5.74) is 1.88. The molecule has 1 N–H and O–H groups in total. The Hall–Kier alpha value is -1.71. The van der Waals surface area contributed by atoms with Crippen LogP contribution in [0.15, 0.2) is 12.1 Å². The van der Waals surface area contributed by atoms with Gasteiger partial charge in [-0.15, -0.1) is 0 Å². The molecule has 0 saturated heterocycles. The van der Waals surface area contributed by atoms with Crippen molar-refractivity contribution in [2.45, 2.75) is 45.4 Å². The fourth-order valence-electron chi connectivity index (χ4n) is 6.09. The number of hydrogen-bond donors (Lipinski definition) is 1. The highest BCUT2D eigenvalue weighted by atomic mass is 16.5. The number of ether oxygens (including phenoxy) is 2. The van der Waals surface area contributed by atoms with Crippen LogP contribution in [0, 0.1) is 30.1 Å². The normalized spacial score (nSPS) is 32.5. The van der Waals surface area contributed by atoms with Gasteiger partial charge in [0, 0.05) is 17.7 Å². The number of carbonyl (C=O) groups is 1. The average Bonchev–Trinajstić information content (AvgIpc) is 2.59. The largest absolute Gasteiger partial charge is 0.496 e. The first-order chi connectivity index (χ1) is 12.0. The zero-order valence-corrected chi connectivity index (χ0v) is 15.6. The number of hydrogen-bond acceptors (Lipinski definition) is 3. The van der Waals surface area contributed by atoms with Crippen molar-refractivity contribution < 1.29 is 14.3 Å². The predicted octanol–water partition coefficient (Wildman–Crippen LogP) is 3.96. The Labute approximate surface area is 150 Å². The van der Waals surface area contributed by atoms with Gasteiger partial charge in [-0.25, -0.2) is 0 Å². The van der Waals surface area contributed by atoms with Crippen LogP contribution in [-0.2, 0) is 0 Å². The van der Waals surface area contributed by atoms with Gasteiger partial charge < -0.3 is 14.8 Å². The highest BCUT2D eigenvalue weighted by molar-refractivity contribution is 5.95. The lowest BCUT2D eigenvalue weighted by molar-refractivity contribution is -0.0503. The molecule has 4 heteroatoms. The lowest BCUT2D eigenvalue weighted by atomic mass is 9.49. The third-order valence-electron chi connectivity index (χ3n) is 6.80.